The number of carbonyl (C=O) groups is 1. The number of hydrogen-bond donors (Lipinski definition) is 1. The van der Waals surface area contributed by atoms with Crippen LogP contribution in [0.25, 0.3) is 0 Å². The smallest absolute Gasteiger partial charge is 0.254 e. The highest BCUT2D eigenvalue weighted by molar-refractivity contribution is 6.29. The SMILES string of the molecule is Nc1cc(C(=O)N2CCn3cnnc3C2)cc(Cl)n1. The summed E-state index contributed by atoms with van der Waals surface area (Å²) in [5.41, 5.74) is 6.03. The summed E-state index contributed by atoms with van der Waals surface area (Å²) >= 11 is 5.81. The maximum Gasteiger partial charge on any atom is 0.254 e. The molecule has 98 valence electrons. The van der Waals surface area contributed by atoms with Gasteiger partial charge in [-0.15, -0.1) is 10.2 Å². The van der Waals surface area contributed by atoms with Gasteiger partial charge < -0.3 is 15.2 Å². The van der Waals surface area contributed by atoms with E-state index in [1.54, 1.807) is 11.2 Å². The van der Waals surface area contributed by atoms with E-state index in [0.717, 1.165) is 5.82 Å². The number of nitrogen functional groups attached to an aromatic ring is 1. The Balaban J connectivity index is 1.85. The van der Waals surface area contributed by atoms with Gasteiger partial charge in [0.1, 0.15) is 17.3 Å². The van der Waals surface area contributed by atoms with E-state index in [1.165, 1.54) is 12.1 Å². The fourth-order valence-electron chi connectivity index (χ4n) is 2.06. The van der Waals surface area contributed by atoms with Gasteiger partial charge in [-0.2, -0.15) is 0 Å². The predicted molar refractivity (Wildman–Crippen MR) is 68.4 cm³/mol. The van der Waals surface area contributed by atoms with Crippen LogP contribution in [0.4, 0.5) is 5.82 Å². The Hall–Kier alpha value is -2.15. The molecule has 2 aromatic heterocycles. The maximum atomic E-state index is 12.4. The van der Waals surface area contributed by atoms with Gasteiger partial charge in [-0.05, 0) is 12.1 Å². The average molecular weight is 279 g/mol. The minimum atomic E-state index is -0.134. The number of hydrogen-bond acceptors (Lipinski definition) is 5. The third-order valence-electron chi connectivity index (χ3n) is 2.99. The minimum absolute atomic E-state index is 0.134. The predicted octanol–water partition coefficient (Wildman–Crippen LogP) is 0.565. The molecule has 0 atom stereocenters. The van der Waals surface area contributed by atoms with E-state index >= 15 is 0 Å². The number of anilines is 1. The van der Waals surface area contributed by atoms with Gasteiger partial charge in [0.2, 0.25) is 0 Å². The molecule has 0 unspecified atom stereocenters. The third kappa shape index (κ3) is 2.24. The van der Waals surface area contributed by atoms with Gasteiger partial charge in [0.15, 0.2) is 5.82 Å². The van der Waals surface area contributed by atoms with Crippen LogP contribution in [-0.2, 0) is 13.1 Å². The summed E-state index contributed by atoms with van der Waals surface area (Å²) in [6.45, 7) is 1.71. The second-order valence-electron chi connectivity index (χ2n) is 4.27. The molecule has 7 nitrogen and oxygen atoms in total. The summed E-state index contributed by atoms with van der Waals surface area (Å²) in [5, 5.41) is 8.01. The van der Waals surface area contributed by atoms with Crippen LogP contribution in [-0.4, -0.2) is 37.1 Å². The van der Waals surface area contributed by atoms with E-state index in [0.29, 0.717) is 25.2 Å². The molecule has 0 bridgehead atoms. The standard InChI is InChI=1S/C11H11ClN6O/c12-8-3-7(4-9(13)15-8)11(19)17-1-2-18-6-14-16-10(18)5-17/h3-4,6H,1-2,5H2,(H2,13,15). The molecule has 19 heavy (non-hydrogen) atoms. The lowest BCUT2D eigenvalue weighted by Gasteiger charge is -2.27. The molecule has 2 aromatic rings. The van der Waals surface area contributed by atoms with Crippen LogP contribution >= 0.6 is 11.6 Å². The van der Waals surface area contributed by atoms with E-state index < -0.39 is 0 Å². The lowest BCUT2D eigenvalue weighted by atomic mass is 10.2. The Morgan fingerprint density at radius 2 is 2.21 bits per heavy atom. The Labute approximate surface area is 114 Å². The monoisotopic (exact) mass is 278 g/mol. The summed E-state index contributed by atoms with van der Waals surface area (Å²) in [4.78, 5) is 17.9. The van der Waals surface area contributed by atoms with Crippen molar-refractivity contribution in [3.8, 4) is 0 Å². The van der Waals surface area contributed by atoms with Crippen LogP contribution in [0.15, 0.2) is 18.5 Å². The zero-order valence-corrected chi connectivity index (χ0v) is 10.7. The molecule has 1 amide bonds. The number of fused-ring (bicyclic) bond motifs is 1. The zero-order valence-electron chi connectivity index (χ0n) is 9.95. The summed E-state index contributed by atoms with van der Waals surface area (Å²) in [6.07, 6.45) is 1.67. The van der Waals surface area contributed by atoms with Crippen molar-refractivity contribution in [3.05, 3.63) is 35.0 Å². The lowest BCUT2D eigenvalue weighted by Crippen LogP contribution is -2.38. The van der Waals surface area contributed by atoms with Crippen molar-refractivity contribution >= 4 is 23.3 Å². The molecule has 0 saturated heterocycles. The molecular formula is C11H11ClN6O. The number of aromatic nitrogens is 4. The van der Waals surface area contributed by atoms with Crippen molar-refractivity contribution in [2.45, 2.75) is 13.1 Å². The van der Waals surface area contributed by atoms with Gasteiger partial charge in [0.05, 0.1) is 6.54 Å². The van der Waals surface area contributed by atoms with E-state index in [1.807, 2.05) is 4.57 Å². The number of rotatable bonds is 1. The van der Waals surface area contributed by atoms with Gasteiger partial charge >= 0.3 is 0 Å². The first-order chi connectivity index (χ1) is 9.13. The fraction of sp³-hybridized carbons (Fsp3) is 0.273. The molecule has 0 aromatic carbocycles. The Kier molecular flexibility index (Phi) is 2.83. The first kappa shape index (κ1) is 11.9. The van der Waals surface area contributed by atoms with Crippen molar-refractivity contribution in [2.24, 2.45) is 0 Å². The lowest BCUT2D eigenvalue weighted by molar-refractivity contribution is 0.0707. The van der Waals surface area contributed by atoms with E-state index in [9.17, 15) is 4.79 Å². The fourth-order valence-corrected chi connectivity index (χ4v) is 2.28. The molecule has 0 fully saturated rings. The molecule has 0 spiro atoms. The number of pyridine rings is 1. The molecule has 3 heterocycles. The van der Waals surface area contributed by atoms with Gasteiger partial charge in [-0.1, -0.05) is 11.6 Å². The number of nitrogens with two attached hydrogens (primary N) is 1. The highest BCUT2D eigenvalue weighted by atomic mass is 35.5. The largest absolute Gasteiger partial charge is 0.384 e. The van der Waals surface area contributed by atoms with Crippen molar-refractivity contribution in [1.29, 1.82) is 0 Å². The summed E-state index contributed by atoms with van der Waals surface area (Å²) < 4.78 is 1.93. The van der Waals surface area contributed by atoms with Crippen molar-refractivity contribution in [1.82, 2.24) is 24.6 Å². The van der Waals surface area contributed by atoms with Gasteiger partial charge in [-0.3, -0.25) is 4.79 Å². The third-order valence-corrected chi connectivity index (χ3v) is 3.18. The van der Waals surface area contributed by atoms with Crippen LogP contribution in [0.1, 0.15) is 16.2 Å². The minimum Gasteiger partial charge on any atom is -0.384 e. The molecule has 2 N–H and O–H groups in total. The molecule has 1 aliphatic rings. The number of nitrogens with zero attached hydrogens (tertiary/aromatic N) is 5. The highest BCUT2D eigenvalue weighted by Gasteiger charge is 2.23. The molecule has 0 radical (unpaired) electrons. The zero-order chi connectivity index (χ0) is 13.4. The Morgan fingerprint density at radius 3 is 3.00 bits per heavy atom. The normalized spacial score (nSPS) is 14.3. The molecule has 3 rings (SSSR count). The highest BCUT2D eigenvalue weighted by Crippen LogP contribution is 2.17. The molecule has 0 aliphatic carbocycles. The summed E-state index contributed by atoms with van der Waals surface area (Å²) in [7, 11) is 0. The average Bonchev–Trinajstić information content (AvgIpc) is 2.83. The molecule has 8 heteroatoms. The molecule has 0 saturated carbocycles. The van der Waals surface area contributed by atoms with Gasteiger partial charge in [0.25, 0.3) is 5.91 Å². The summed E-state index contributed by atoms with van der Waals surface area (Å²) in [6, 6.07) is 3.03. The van der Waals surface area contributed by atoms with Crippen LogP contribution in [0.3, 0.4) is 0 Å². The number of halogens is 1. The van der Waals surface area contributed by atoms with Crippen molar-refractivity contribution < 1.29 is 4.79 Å². The van der Waals surface area contributed by atoms with Gasteiger partial charge in [-0.25, -0.2) is 4.98 Å². The second kappa shape index (κ2) is 4.51. The Morgan fingerprint density at radius 1 is 1.37 bits per heavy atom. The topological polar surface area (TPSA) is 89.9 Å². The second-order valence-corrected chi connectivity index (χ2v) is 4.66. The van der Waals surface area contributed by atoms with E-state index in [-0.39, 0.29) is 16.9 Å². The Bertz CT molecular complexity index is 620. The van der Waals surface area contributed by atoms with Crippen molar-refractivity contribution in [2.75, 3.05) is 12.3 Å². The quantitative estimate of drug-likeness (QED) is 0.770. The van der Waals surface area contributed by atoms with Crippen molar-refractivity contribution in [3.63, 3.8) is 0 Å². The maximum absolute atomic E-state index is 12.4. The van der Waals surface area contributed by atoms with Crippen LogP contribution in [0, 0.1) is 0 Å². The number of carbonyl (C=O) groups excluding carboxylic acids is 1. The van der Waals surface area contributed by atoms with Gasteiger partial charge in [0, 0.05) is 18.7 Å². The summed E-state index contributed by atoms with van der Waals surface area (Å²) in [5.74, 6) is 0.869. The van der Waals surface area contributed by atoms with E-state index in [2.05, 4.69) is 15.2 Å². The number of amides is 1. The van der Waals surface area contributed by atoms with Crippen LogP contribution < -0.4 is 5.73 Å². The molecule has 1 aliphatic heterocycles. The first-order valence-electron chi connectivity index (χ1n) is 5.72. The molecular weight excluding hydrogens is 268 g/mol. The first-order valence-corrected chi connectivity index (χ1v) is 6.10. The van der Waals surface area contributed by atoms with Crippen LogP contribution in [0.2, 0.25) is 5.15 Å². The van der Waals surface area contributed by atoms with Crippen LogP contribution in [0.5, 0.6) is 0 Å². The van der Waals surface area contributed by atoms with E-state index in [4.69, 9.17) is 17.3 Å².